The summed E-state index contributed by atoms with van der Waals surface area (Å²) in [4.78, 5) is 44.5. The van der Waals surface area contributed by atoms with Crippen LogP contribution in [0, 0.1) is 0 Å². The van der Waals surface area contributed by atoms with E-state index in [9.17, 15) is 19.1 Å². The number of amides is 1. The van der Waals surface area contributed by atoms with Crippen LogP contribution in [0.5, 0.6) is 0 Å². The lowest BCUT2D eigenvalue weighted by Crippen LogP contribution is -2.24. The van der Waals surface area contributed by atoms with Crippen LogP contribution in [0.15, 0.2) is 53.5 Å². The van der Waals surface area contributed by atoms with Crippen LogP contribution in [0.3, 0.4) is 0 Å². The highest BCUT2D eigenvalue weighted by Crippen LogP contribution is 2.60. The fourth-order valence-corrected chi connectivity index (χ4v) is 6.47. The topological polar surface area (TPSA) is 115 Å². The Hall–Kier alpha value is -2.55. The van der Waals surface area contributed by atoms with E-state index < -0.39 is 12.8 Å². The number of hydrogen-bond donors (Lipinski definition) is 3. The van der Waals surface area contributed by atoms with Gasteiger partial charge in [-0.3, -0.25) is 9.36 Å². The number of anilines is 1. The molecule has 0 saturated heterocycles. The van der Waals surface area contributed by atoms with E-state index in [2.05, 4.69) is 15.3 Å². The van der Waals surface area contributed by atoms with Gasteiger partial charge in [-0.2, -0.15) is 0 Å². The van der Waals surface area contributed by atoms with Crippen LogP contribution in [0.4, 0.5) is 10.8 Å². The number of hydrogen-bond acceptors (Lipinski definition) is 5. The molecule has 3 rings (SSSR count). The summed E-state index contributed by atoms with van der Waals surface area (Å²) in [5, 5.41) is 2.88. The summed E-state index contributed by atoms with van der Waals surface area (Å²) < 4.78 is 12.2. The van der Waals surface area contributed by atoms with Gasteiger partial charge in [-0.15, -0.1) is 0 Å². The highest BCUT2D eigenvalue weighted by Gasteiger charge is 2.45. The Morgan fingerprint density at radius 2 is 1.76 bits per heavy atom. The number of nitrogens with zero attached hydrogens (tertiary/aromatic N) is 3. The summed E-state index contributed by atoms with van der Waals surface area (Å²) in [6.07, 6.45) is 3.01. The smallest absolute Gasteiger partial charge is 0.335 e. The summed E-state index contributed by atoms with van der Waals surface area (Å²) in [5.74, 6) is -0.172. The molecular weight excluding hydrogens is 531 g/mol. The van der Waals surface area contributed by atoms with Crippen LogP contribution in [-0.2, 0) is 20.9 Å². The second-order valence-corrected chi connectivity index (χ2v) is 12.3. The van der Waals surface area contributed by atoms with Gasteiger partial charge in [0.1, 0.15) is 0 Å². The molecule has 3 aromatic rings. The van der Waals surface area contributed by atoms with Gasteiger partial charge in [-0.05, 0) is 49.1 Å². The molecule has 37 heavy (non-hydrogen) atoms. The molecule has 0 spiro atoms. The van der Waals surface area contributed by atoms with Gasteiger partial charge >= 0.3 is 7.60 Å². The number of nitrogens with one attached hydrogen (secondary N) is 1. The Morgan fingerprint density at radius 3 is 2.30 bits per heavy atom. The largest absolute Gasteiger partial charge is 0.369 e. The number of aromatic nitrogens is 1. The molecule has 0 atom stereocenters. The van der Waals surface area contributed by atoms with Crippen molar-refractivity contribution in [1.29, 1.82) is 0 Å². The Bertz CT molecular complexity index is 1280. The van der Waals surface area contributed by atoms with Gasteiger partial charge in [0.15, 0.2) is 0 Å². The number of thiazole rings is 1. The van der Waals surface area contributed by atoms with Gasteiger partial charge < -0.3 is 20.0 Å². The lowest BCUT2D eigenvalue weighted by atomic mass is 9.92. The number of carbonyl (C=O) groups is 1. The van der Waals surface area contributed by atoms with E-state index in [1.54, 1.807) is 56.6 Å². The molecule has 1 amide bonds. The predicted molar refractivity (Wildman–Crippen MR) is 152 cm³/mol. The molecule has 0 unspecified atom stereocenters. The highest BCUT2D eigenvalue weighted by atomic mass is 35.5. The Morgan fingerprint density at radius 1 is 1.14 bits per heavy atom. The minimum Gasteiger partial charge on any atom is -0.369 e. The Labute approximate surface area is 226 Å². The maximum atomic E-state index is 12.7. The molecule has 8 nitrogen and oxygen atoms in total. The average Bonchev–Trinajstić information content (AvgIpc) is 3.26. The Balaban J connectivity index is 1.74. The summed E-state index contributed by atoms with van der Waals surface area (Å²) in [6.45, 7) is 3.54. The molecule has 0 saturated carbocycles. The van der Waals surface area contributed by atoms with Gasteiger partial charge in [0, 0.05) is 41.7 Å². The standard InChI is InChI=1S/C26H32ClN4O4PS/c1-5-26(6-2,36(33,34)35)19-9-13-21(14-10-19)29-23(32)16-15-22-24(18-7-11-20(27)12-8-18)30-25(37-22)28-17-31(3)4/h7-14,17H,5-6,15-16H2,1-4H3,(H,29,32)(H2,33,34,35). The number of rotatable bonds is 11. The van der Waals surface area contributed by atoms with Crippen molar-refractivity contribution in [2.24, 2.45) is 4.99 Å². The van der Waals surface area contributed by atoms with Crippen molar-refractivity contribution in [2.45, 2.75) is 44.7 Å². The van der Waals surface area contributed by atoms with E-state index in [4.69, 9.17) is 11.6 Å². The van der Waals surface area contributed by atoms with Crippen molar-refractivity contribution in [3.05, 3.63) is 64.0 Å². The van der Waals surface area contributed by atoms with Gasteiger partial charge in [0.2, 0.25) is 11.0 Å². The van der Waals surface area contributed by atoms with Gasteiger partial charge in [0.05, 0.1) is 17.2 Å². The lowest BCUT2D eigenvalue weighted by Gasteiger charge is -2.33. The van der Waals surface area contributed by atoms with Crippen LogP contribution < -0.4 is 5.32 Å². The molecule has 0 bridgehead atoms. The summed E-state index contributed by atoms with van der Waals surface area (Å²) in [6, 6.07) is 14.1. The van der Waals surface area contributed by atoms with E-state index in [1.807, 2.05) is 31.1 Å². The molecule has 0 fully saturated rings. The average molecular weight is 563 g/mol. The molecule has 2 aromatic carbocycles. The van der Waals surface area contributed by atoms with E-state index in [0.717, 1.165) is 16.1 Å². The molecule has 0 radical (unpaired) electrons. The second kappa shape index (κ2) is 12.3. The van der Waals surface area contributed by atoms with Crippen molar-refractivity contribution in [3.63, 3.8) is 0 Å². The first-order valence-electron chi connectivity index (χ1n) is 11.9. The SMILES string of the molecule is CCC(CC)(c1ccc(NC(=O)CCc2sc(N=CN(C)C)nc2-c2ccc(Cl)cc2)cc1)P(=O)(O)O. The van der Waals surface area contributed by atoms with Crippen LogP contribution in [0.1, 0.15) is 43.6 Å². The molecule has 0 aliphatic carbocycles. The zero-order valence-electron chi connectivity index (χ0n) is 21.3. The molecular formula is C26H32ClN4O4PS. The molecule has 1 aromatic heterocycles. The van der Waals surface area contributed by atoms with Crippen molar-refractivity contribution in [2.75, 3.05) is 19.4 Å². The minimum atomic E-state index is -4.37. The van der Waals surface area contributed by atoms with Crippen LogP contribution in [0.2, 0.25) is 5.02 Å². The second-order valence-electron chi connectivity index (χ2n) is 8.89. The van der Waals surface area contributed by atoms with E-state index in [1.165, 1.54) is 11.3 Å². The molecule has 1 heterocycles. The summed E-state index contributed by atoms with van der Waals surface area (Å²) >= 11 is 7.48. The van der Waals surface area contributed by atoms with Crippen LogP contribution in [-0.4, -0.2) is 46.0 Å². The monoisotopic (exact) mass is 562 g/mol. The minimum absolute atomic E-state index is 0.172. The third kappa shape index (κ3) is 7.06. The van der Waals surface area contributed by atoms with Crippen molar-refractivity contribution in [3.8, 4) is 11.3 Å². The number of benzene rings is 2. The van der Waals surface area contributed by atoms with Gasteiger partial charge in [-0.25, -0.2) is 9.98 Å². The van der Waals surface area contributed by atoms with E-state index >= 15 is 0 Å². The van der Waals surface area contributed by atoms with Gasteiger partial charge in [-0.1, -0.05) is 61.1 Å². The van der Waals surface area contributed by atoms with Crippen molar-refractivity contribution >= 4 is 53.6 Å². The first kappa shape index (κ1) is 29.0. The molecule has 0 aliphatic rings. The normalized spacial score (nSPS) is 12.2. The quantitative estimate of drug-likeness (QED) is 0.140. The maximum Gasteiger partial charge on any atom is 0.335 e. The first-order valence-corrected chi connectivity index (χ1v) is 14.7. The summed E-state index contributed by atoms with van der Waals surface area (Å²) in [5.41, 5.74) is 2.81. The van der Waals surface area contributed by atoms with Gasteiger partial charge in [0.25, 0.3) is 0 Å². The fourth-order valence-electron chi connectivity index (χ4n) is 4.11. The lowest BCUT2D eigenvalue weighted by molar-refractivity contribution is -0.116. The first-order chi connectivity index (χ1) is 17.5. The molecule has 0 aliphatic heterocycles. The predicted octanol–water partition coefficient (Wildman–Crippen LogP) is 6.45. The fraction of sp³-hybridized carbons (Fsp3) is 0.346. The van der Waals surface area contributed by atoms with Crippen LogP contribution in [0.25, 0.3) is 11.3 Å². The Kier molecular flexibility index (Phi) is 9.67. The molecule has 198 valence electrons. The third-order valence-electron chi connectivity index (χ3n) is 6.22. The molecule has 11 heteroatoms. The summed E-state index contributed by atoms with van der Waals surface area (Å²) in [7, 11) is -0.609. The zero-order chi connectivity index (χ0) is 27.2. The third-order valence-corrected chi connectivity index (χ3v) is 9.50. The maximum absolute atomic E-state index is 12.7. The van der Waals surface area contributed by atoms with E-state index in [-0.39, 0.29) is 12.3 Å². The number of carbonyl (C=O) groups excluding carboxylic acids is 1. The number of halogens is 1. The molecule has 3 N–H and O–H groups in total. The van der Waals surface area contributed by atoms with Crippen molar-refractivity contribution in [1.82, 2.24) is 9.88 Å². The van der Waals surface area contributed by atoms with E-state index in [0.29, 0.717) is 40.7 Å². The number of aliphatic imine (C=N–C) groups is 1. The zero-order valence-corrected chi connectivity index (χ0v) is 23.8. The number of aryl methyl sites for hydroxylation is 1. The van der Waals surface area contributed by atoms with Crippen LogP contribution >= 0.6 is 30.5 Å². The highest BCUT2D eigenvalue weighted by molar-refractivity contribution is 7.53. The van der Waals surface area contributed by atoms with Crippen molar-refractivity contribution < 1.29 is 19.1 Å².